The minimum Gasteiger partial charge on any atom is -0.392 e. The minimum atomic E-state index is -0.207. The first-order valence-corrected chi connectivity index (χ1v) is 6.81. The number of piperidine rings is 1. The molecule has 3 atom stereocenters. The summed E-state index contributed by atoms with van der Waals surface area (Å²) >= 11 is 1.70. The van der Waals surface area contributed by atoms with Gasteiger partial charge in [0, 0.05) is 19.1 Å². The van der Waals surface area contributed by atoms with Gasteiger partial charge in [-0.3, -0.25) is 4.90 Å². The van der Waals surface area contributed by atoms with Crippen molar-refractivity contribution < 1.29 is 5.11 Å². The maximum Gasteiger partial charge on any atom is 0.0693 e. The van der Waals surface area contributed by atoms with Gasteiger partial charge >= 0.3 is 0 Å². The van der Waals surface area contributed by atoms with E-state index in [0.717, 1.165) is 19.5 Å². The molecule has 2 rings (SSSR count). The summed E-state index contributed by atoms with van der Waals surface area (Å²) in [4.78, 5) is 2.31. The van der Waals surface area contributed by atoms with Crippen LogP contribution in [0, 0.1) is 5.92 Å². The second-order valence-corrected chi connectivity index (χ2v) is 5.42. The van der Waals surface area contributed by atoms with Crippen LogP contribution in [0.2, 0.25) is 0 Å². The van der Waals surface area contributed by atoms with Crippen LogP contribution in [0.4, 0.5) is 0 Å². The molecule has 0 aliphatic carbocycles. The number of thiophene rings is 1. The standard InChI is InChI=1S/C12H20N2OS/c1-9-2-4-14(7-12(9)15)11(6-13)10-3-5-16-8-10/h3,5,8-9,11-12,15H,2,4,6-7,13H2,1H3. The van der Waals surface area contributed by atoms with Crippen LogP contribution in [0.25, 0.3) is 0 Å². The van der Waals surface area contributed by atoms with Gasteiger partial charge in [-0.1, -0.05) is 6.92 Å². The van der Waals surface area contributed by atoms with Gasteiger partial charge in [0.2, 0.25) is 0 Å². The van der Waals surface area contributed by atoms with Crippen molar-refractivity contribution in [2.24, 2.45) is 11.7 Å². The van der Waals surface area contributed by atoms with E-state index in [-0.39, 0.29) is 12.1 Å². The molecule has 2 heterocycles. The highest BCUT2D eigenvalue weighted by molar-refractivity contribution is 7.07. The summed E-state index contributed by atoms with van der Waals surface area (Å²) in [7, 11) is 0. The topological polar surface area (TPSA) is 49.5 Å². The number of aliphatic hydroxyl groups excluding tert-OH is 1. The van der Waals surface area contributed by atoms with Crippen LogP contribution in [0.3, 0.4) is 0 Å². The number of likely N-dealkylation sites (tertiary alicyclic amines) is 1. The van der Waals surface area contributed by atoms with Crippen LogP contribution < -0.4 is 5.73 Å². The van der Waals surface area contributed by atoms with Crippen molar-refractivity contribution in [2.75, 3.05) is 19.6 Å². The zero-order chi connectivity index (χ0) is 11.5. The third-order valence-electron chi connectivity index (χ3n) is 3.54. The summed E-state index contributed by atoms with van der Waals surface area (Å²) in [6.45, 7) is 4.52. The molecule has 1 aliphatic heterocycles. The lowest BCUT2D eigenvalue weighted by atomic mass is 9.94. The number of β-amino-alcohol motifs (C(OH)–C–C–N with tert-alkyl or cyclic N) is 1. The predicted octanol–water partition coefficient (Wildman–Crippen LogP) is 1.45. The second kappa shape index (κ2) is 5.27. The van der Waals surface area contributed by atoms with E-state index in [9.17, 15) is 5.11 Å². The molecule has 3 nitrogen and oxygen atoms in total. The highest BCUT2D eigenvalue weighted by Crippen LogP contribution is 2.27. The van der Waals surface area contributed by atoms with Gasteiger partial charge in [-0.25, -0.2) is 0 Å². The molecule has 1 aromatic rings. The zero-order valence-corrected chi connectivity index (χ0v) is 10.5. The van der Waals surface area contributed by atoms with Crippen molar-refractivity contribution in [3.8, 4) is 0 Å². The van der Waals surface area contributed by atoms with E-state index in [0.29, 0.717) is 12.5 Å². The van der Waals surface area contributed by atoms with E-state index in [2.05, 4.69) is 28.7 Å². The lowest BCUT2D eigenvalue weighted by Gasteiger charge is -2.38. The summed E-state index contributed by atoms with van der Waals surface area (Å²) in [5, 5.41) is 14.1. The Morgan fingerprint density at radius 2 is 2.50 bits per heavy atom. The molecule has 1 aliphatic rings. The van der Waals surface area contributed by atoms with Crippen LogP contribution in [-0.2, 0) is 0 Å². The van der Waals surface area contributed by atoms with Crippen molar-refractivity contribution in [1.29, 1.82) is 0 Å². The summed E-state index contributed by atoms with van der Waals surface area (Å²) in [5.74, 6) is 0.414. The van der Waals surface area contributed by atoms with Crippen molar-refractivity contribution in [2.45, 2.75) is 25.5 Å². The molecular formula is C12H20N2OS. The largest absolute Gasteiger partial charge is 0.392 e. The Balaban J connectivity index is 2.05. The number of nitrogens with two attached hydrogens (primary N) is 1. The van der Waals surface area contributed by atoms with Gasteiger partial charge in [-0.15, -0.1) is 0 Å². The molecule has 0 amide bonds. The summed E-state index contributed by atoms with van der Waals surface area (Å²) < 4.78 is 0. The predicted molar refractivity (Wildman–Crippen MR) is 67.5 cm³/mol. The van der Waals surface area contributed by atoms with Gasteiger partial charge < -0.3 is 10.8 Å². The highest BCUT2D eigenvalue weighted by Gasteiger charge is 2.29. The fourth-order valence-electron chi connectivity index (χ4n) is 2.32. The van der Waals surface area contributed by atoms with Gasteiger partial charge in [0.15, 0.2) is 0 Å². The number of hydrogen-bond donors (Lipinski definition) is 2. The molecule has 0 spiro atoms. The number of rotatable bonds is 3. The molecule has 3 unspecified atom stereocenters. The highest BCUT2D eigenvalue weighted by atomic mass is 32.1. The molecule has 1 aromatic heterocycles. The smallest absolute Gasteiger partial charge is 0.0693 e. The average molecular weight is 240 g/mol. The maximum atomic E-state index is 9.91. The Morgan fingerprint density at radius 1 is 1.69 bits per heavy atom. The number of aliphatic hydroxyl groups is 1. The first-order valence-electron chi connectivity index (χ1n) is 5.86. The summed E-state index contributed by atoms with van der Waals surface area (Å²) in [6, 6.07) is 2.40. The SMILES string of the molecule is CC1CCN(C(CN)c2ccsc2)CC1O. The van der Waals surface area contributed by atoms with Crippen LogP contribution in [0.15, 0.2) is 16.8 Å². The third kappa shape index (κ3) is 2.46. The van der Waals surface area contributed by atoms with Crippen LogP contribution >= 0.6 is 11.3 Å². The fraction of sp³-hybridized carbons (Fsp3) is 0.667. The van der Waals surface area contributed by atoms with Crippen molar-refractivity contribution >= 4 is 11.3 Å². The summed E-state index contributed by atoms with van der Waals surface area (Å²) in [6.07, 6.45) is 0.850. The normalized spacial score (nSPS) is 29.2. The van der Waals surface area contributed by atoms with E-state index in [1.807, 2.05) is 0 Å². The lowest BCUT2D eigenvalue weighted by Crippen LogP contribution is -2.46. The zero-order valence-electron chi connectivity index (χ0n) is 9.67. The van der Waals surface area contributed by atoms with Crippen molar-refractivity contribution in [3.05, 3.63) is 22.4 Å². The van der Waals surface area contributed by atoms with E-state index in [1.54, 1.807) is 11.3 Å². The summed E-state index contributed by atoms with van der Waals surface area (Å²) in [5.41, 5.74) is 7.14. The average Bonchev–Trinajstić information content (AvgIpc) is 2.78. The van der Waals surface area contributed by atoms with E-state index in [1.165, 1.54) is 5.56 Å². The molecule has 0 bridgehead atoms. The minimum absolute atomic E-state index is 0.207. The maximum absolute atomic E-state index is 9.91. The quantitative estimate of drug-likeness (QED) is 0.841. The van der Waals surface area contributed by atoms with Gasteiger partial charge in [0.25, 0.3) is 0 Å². The van der Waals surface area contributed by atoms with E-state index < -0.39 is 0 Å². The molecule has 0 aromatic carbocycles. The van der Waals surface area contributed by atoms with E-state index in [4.69, 9.17) is 5.73 Å². The van der Waals surface area contributed by atoms with Crippen LogP contribution in [0.5, 0.6) is 0 Å². The van der Waals surface area contributed by atoms with Gasteiger partial charge in [-0.2, -0.15) is 11.3 Å². The molecule has 16 heavy (non-hydrogen) atoms. The van der Waals surface area contributed by atoms with Crippen molar-refractivity contribution in [3.63, 3.8) is 0 Å². The molecule has 0 radical (unpaired) electrons. The van der Waals surface area contributed by atoms with E-state index >= 15 is 0 Å². The Morgan fingerprint density at radius 3 is 3.06 bits per heavy atom. The second-order valence-electron chi connectivity index (χ2n) is 4.64. The Bertz CT molecular complexity index is 315. The van der Waals surface area contributed by atoms with Gasteiger partial charge in [-0.05, 0) is 41.3 Å². The van der Waals surface area contributed by atoms with Crippen LogP contribution in [-0.4, -0.2) is 35.7 Å². The first kappa shape index (κ1) is 12.0. The fourth-order valence-corrected chi connectivity index (χ4v) is 3.02. The molecule has 3 N–H and O–H groups in total. The Kier molecular flexibility index (Phi) is 3.97. The lowest BCUT2D eigenvalue weighted by molar-refractivity contribution is 0.0112. The van der Waals surface area contributed by atoms with Crippen LogP contribution in [0.1, 0.15) is 24.9 Å². The molecule has 1 saturated heterocycles. The first-order chi connectivity index (χ1) is 7.72. The molecule has 90 valence electrons. The molecule has 0 saturated carbocycles. The molecular weight excluding hydrogens is 220 g/mol. The van der Waals surface area contributed by atoms with Crippen molar-refractivity contribution in [1.82, 2.24) is 4.90 Å². The number of hydrogen-bond acceptors (Lipinski definition) is 4. The van der Waals surface area contributed by atoms with Gasteiger partial charge in [0.1, 0.15) is 0 Å². The number of nitrogens with zero attached hydrogens (tertiary/aromatic N) is 1. The third-order valence-corrected chi connectivity index (χ3v) is 4.24. The monoisotopic (exact) mass is 240 g/mol. The van der Waals surface area contributed by atoms with Gasteiger partial charge in [0.05, 0.1) is 6.10 Å². The molecule has 1 fully saturated rings. The molecule has 4 heteroatoms. The Hall–Kier alpha value is -0.420. The Labute approximate surface area is 101 Å².